The first-order chi connectivity index (χ1) is 9.38. The molecule has 7 heteroatoms. The molecule has 0 radical (unpaired) electrons. The molecule has 1 aromatic heterocycles. The molecule has 114 valence electrons. The molecule has 0 fully saturated rings. The van der Waals surface area contributed by atoms with E-state index >= 15 is 0 Å². The topological polar surface area (TPSA) is 66.5 Å². The third-order valence-corrected chi connectivity index (χ3v) is 5.79. The number of carbonyl (C=O) groups is 1. The summed E-state index contributed by atoms with van der Waals surface area (Å²) in [5, 5.41) is 6.75. The largest absolute Gasteiger partial charge is 0.356 e. The summed E-state index contributed by atoms with van der Waals surface area (Å²) in [6.45, 7) is 4.39. The van der Waals surface area contributed by atoms with Gasteiger partial charge in [0, 0.05) is 20.1 Å². The zero-order valence-corrected chi connectivity index (χ0v) is 13.8. The number of carbonyl (C=O) groups excluding carboxylic acids is 1. The van der Waals surface area contributed by atoms with Gasteiger partial charge in [-0.1, -0.05) is 0 Å². The molecule has 0 spiro atoms. The van der Waals surface area contributed by atoms with Crippen molar-refractivity contribution in [2.45, 2.75) is 26.2 Å². The van der Waals surface area contributed by atoms with Gasteiger partial charge in [0.2, 0.25) is 15.9 Å². The molecule has 1 aromatic rings. The molecule has 1 amide bonds. The number of hydrogen-bond acceptors (Lipinski definition) is 4. The van der Waals surface area contributed by atoms with Crippen molar-refractivity contribution < 1.29 is 13.2 Å². The highest BCUT2D eigenvalue weighted by Crippen LogP contribution is 2.17. The van der Waals surface area contributed by atoms with Crippen LogP contribution in [0.15, 0.2) is 16.8 Å². The Bertz CT molecular complexity index is 512. The molecule has 0 saturated heterocycles. The molecular weight excluding hydrogens is 296 g/mol. The molecule has 1 heterocycles. The Labute approximate surface area is 125 Å². The predicted octanol–water partition coefficient (Wildman–Crippen LogP) is 1.64. The van der Waals surface area contributed by atoms with Gasteiger partial charge in [-0.25, -0.2) is 12.7 Å². The highest BCUT2D eigenvalue weighted by Gasteiger charge is 2.16. The van der Waals surface area contributed by atoms with Crippen molar-refractivity contribution >= 4 is 27.3 Å². The van der Waals surface area contributed by atoms with Gasteiger partial charge in [-0.2, -0.15) is 11.3 Å². The van der Waals surface area contributed by atoms with Gasteiger partial charge in [-0.05, 0) is 42.7 Å². The quantitative estimate of drug-likeness (QED) is 0.741. The molecule has 1 atom stereocenters. The summed E-state index contributed by atoms with van der Waals surface area (Å²) in [4.78, 5) is 11.9. The van der Waals surface area contributed by atoms with Crippen LogP contribution in [0.4, 0.5) is 0 Å². The number of nitrogens with one attached hydrogen (secondary N) is 1. The van der Waals surface area contributed by atoms with Crippen molar-refractivity contribution in [3.05, 3.63) is 22.4 Å². The summed E-state index contributed by atoms with van der Waals surface area (Å²) < 4.78 is 24.4. The number of rotatable bonds is 8. The highest BCUT2D eigenvalue weighted by molar-refractivity contribution is 7.89. The first-order valence-electron chi connectivity index (χ1n) is 6.62. The zero-order chi connectivity index (χ0) is 15.2. The summed E-state index contributed by atoms with van der Waals surface area (Å²) in [6, 6.07) is 1.94. The van der Waals surface area contributed by atoms with Crippen LogP contribution in [0.3, 0.4) is 0 Å². The van der Waals surface area contributed by atoms with Gasteiger partial charge in [0.1, 0.15) is 0 Å². The fourth-order valence-electron chi connectivity index (χ4n) is 1.70. The molecule has 1 rings (SSSR count). The number of hydrogen-bond donors (Lipinski definition) is 1. The lowest BCUT2D eigenvalue weighted by Gasteiger charge is -2.16. The van der Waals surface area contributed by atoms with E-state index in [1.54, 1.807) is 25.3 Å². The van der Waals surface area contributed by atoms with Crippen LogP contribution in [-0.2, 0) is 14.8 Å². The van der Waals surface area contributed by atoms with Gasteiger partial charge in [-0.15, -0.1) is 0 Å². The van der Waals surface area contributed by atoms with Gasteiger partial charge in [0.05, 0.1) is 11.7 Å². The van der Waals surface area contributed by atoms with Crippen LogP contribution in [-0.4, -0.2) is 44.5 Å². The van der Waals surface area contributed by atoms with Gasteiger partial charge in [-0.3, -0.25) is 4.79 Å². The van der Waals surface area contributed by atoms with Gasteiger partial charge < -0.3 is 5.32 Å². The third kappa shape index (κ3) is 4.88. The monoisotopic (exact) mass is 318 g/mol. The van der Waals surface area contributed by atoms with Crippen molar-refractivity contribution in [1.82, 2.24) is 9.62 Å². The minimum atomic E-state index is -3.13. The van der Waals surface area contributed by atoms with Gasteiger partial charge in [0.25, 0.3) is 0 Å². The first-order valence-corrected chi connectivity index (χ1v) is 9.17. The maximum Gasteiger partial charge on any atom is 0.227 e. The Morgan fingerprint density at radius 2 is 2.20 bits per heavy atom. The molecule has 0 aliphatic carbocycles. The Hall–Kier alpha value is -0.920. The van der Waals surface area contributed by atoms with Gasteiger partial charge >= 0.3 is 0 Å². The predicted molar refractivity (Wildman–Crippen MR) is 82.5 cm³/mol. The maximum atomic E-state index is 11.9. The van der Waals surface area contributed by atoms with Crippen LogP contribution < -0.4 is 5.32 Å². The molecule has 0 saturated carbocycles. The average Bonchev–Trinajstić information content (AvgIpc) is 2.96. The molecule has 0 aliphatic heterocycles. The second-order valence-electron chi connectivity index (χ2n) is 4.65. The lowest BCUT2D eigenvalue weighted by atomic mass is 10.0. The fourth-order valence-corrected chi connectivity index (χ4v) is 3.30. The highest BCUT2D eigenvalue weighted by atomic mass is 32.2. The Morgan fingerprint density at radius 1 is 1.50 bits per heavy atom. The van der Waals surface area contributed by atoms with E-state index in [1.165, 1.54) is 4.31 Å². The summed E-state index contributed by atoms with van der Waals surface area (Å²) in [5.74, 6) is -0.0897. The van der Waals surface area contributed by atoms with Crippen molar-refractivity contribution in [2.24, 2.45) is 0 Å². The van der Waals surface area contributed by atoms with E-state index in [9.17, 15) is 13.2 Å². The van der Waals surface area contributed by atoms with Crippen molar-refractivity contribution in [3.8, 4) is 0 Å². The lowest BCUT2D eigenvalue weighted by Crippen LogP contribution is -2.33. The number of amides is 1. The molecule has 0 bridgehead atoms. The number of sulfonamides is 1. The Morgan fingerprint density at radius 3 is 2.75 bits per heavy atom. The summed E-state index contributed by atoms with van der Waals surface area (Å²) in [5.41, 5.74) is 1.01. The molecule has 0 aliphatic rings. The van der Waals surface area contributed by atoms with Crippen molar-refractivity contribution in [3.63, 3.8) is 0 Å². The van der Waals surface area contributed by atoms with Crippen molar-refractivity contribution in [2.75, 3.05) is 25.9 Å². The van der Waals surface area contributed by atoms with E-state index in [2.05, 4.69) is 5.32 Å². The van der Waals surface area contributed by atoms with E-state index < -0.39 is 10.0 Å². The number of thiophene rings is 1. The third-order valence-electron chi connectivity index (χ3n) is 3.23. The fraction of sp³-hybridized carbons (Fsp3) is 0.615. The molecule has 0 unspecified atom stereocenters. The second kappa shape index (κ2) is 7.75. The van der Waals surface area contributed by atoms with E-state index in [0.29, 0.717) is 19.5 Å². The normalized spacial score (nSPS) is 13.4. The van der Waals surface area contributed by atoms with Gasteiger partial charge in [0.15, 0.2) is 0 Å². The van der Waals surface area contributed by atoms with Crippen LogP contribution in [0.25, 0.3) is 0 Å². The summed E-state index contributed by atoms with van der Waals surface area (Å²) >= 11 is 1.57. The van der Waals surface area contributed by atoms with Crippen LogP contribution in [0, 0.1) is 0 Å². The van der Waals surface area contributed by atoms with E-state index in [0.717, 1.165) is 5.56 Å². The van der Waals surface area contributed by atoms with E-state index in [-0.39, 0.29) is 17.6 Å². The minimum Gasteiger partial charge on any atom is -0.356 e. The standard InChI is InChI=1S/C13H22N2O3S2/c1-4-20(17,18)15(3)8-5-7-14-13(16)11(2)12-6-9-19-10-12/h6,9-11H,4-5,7-8H2,1-3H3,(H,14,16)/t11-/m0/s1. The Balaban J connectivity index is 2.29. The lowest BCUT2D eigenvalue weighted by molar-refractivity contribution is -0.122. The van der Waals surface area contributed by atoms with Crippen LogP contribution in [0.1, 0.15) is 31.7 Å². The summed E-state index contributed by atoms with van der Waals surface area (Å²) in [6.07, 6.45) is 0.609. The van der Waals surface area contributed by atoms with Crippen LogP contribution in [0.5, 0.6) is 0 Å². The summed E-state index contributed by atoms with van der Waals surface area (Å²) in [7, 11) is -1.56. The molecule has 0 aromatic carbocycles. The first kappa shape index (κ1) is 17.1. The van der Waals surface area contributed by atoms with Crippen LogP contribution >= 0.6 is 11.3 Å². The second-order valence-corrected chi connectivity index (χ2v) is 7.79. The molecule has 1 N–H and O–H groups in total. The van der Waals surface area contributed by atoms with Crippen LogP contribution in [0.2, 0.25) is 0 Å². The molecular formula is C13H22N2O3S2. The SMILES string of the molecule is CCS(=O)(=O)N(C)CCCNC(=O)[C@@H](C)c1ccsc1. The maximum absolute atomic E-state index is 11.9. The number of nitrogens with zero attached hydrogens (tertiary/aromatic N) is 1. The van der Waals surface area contributed by atoms with E-state index in [1.807, 2.05) is 23.8 Å². The van der Waals surface area contributed by atoms with E-state index in [4.69, 9.17) is 0 Å². The molecule has 5 nitrogen and oxygen atoms in total. The molecule has 20 heavy (non-hydrogen) atoms. The smallest absolute Gasteiger partial charge is 0.227 e. The van der Waals surface area contributed by atoms with Crippen molar-refractivity contribution in [1.29, 1.82) is 0 Å². The zero-order valence-electron chi connectivity index (χ0n) is 12.1. The average molecular weight is 318 g/mol. The Kier molecular flexibility index (Phi) is 6.64. The minimum absolute atomic E-state index is 0.0237.